The smallest absolute Gasteiger partial charge is 0.341 e. The molecule has 1 saturated heterocycles. The topological polar surface area (TPSA) is 79.2 Å². The second-order valence-corrected chi connectivity index (χ2v) is 11.8. The zero-order valence-corrected chi connectivity index (χ0v) is 25.0. The molecule has 0 bridgehead atoms. The van der Waals surface area contributed by atoms with Crippen molar-refractivity contribution in [3.05, 3.63) is 101 Å². The summed E-state index contributed by atoms with van der Waals surface area (Å²) in [5.41, 5.74) is 6.37. The molecule has 4 rings (SSSR count). The summed E-state index contributed by atoms with van der Waals surface area (Å²) in [5, 5.41) is 18.6. The van der Waals surface area contributed by atoms with Crippen molar-refractivity contribution < 1.29 is 24.5 Å². The molecule has 0 aliphatic carbocycles. The first kappa shape index (κ1) is 30.9. The monoisotopic (exact) mass is 567 g/mol. The predicted octanol–water partition coefficient (Wildman–Crippen LogP) is 6.07. The first-order valence-electron chi connectivity index (χ1n) is 14.5. The summed E-state index contributed by atoms with van der Waals surface area (Å²) in [6.07, 6.45) is 3.55. The number of piperidine rings is 1. The van der Waals surface area contributed by atoms with Crippen LogP contribution in [0.4, 0.5) is 0 Å². The quantitative estimate of drug-likeness (QED) is 0.306. The second-order valence-electron chi connectivity index (χ2n) is 11.8. The number of ether oxygens (including phenoxy) is 2. The maximum absolute atomic E-state index is 10.8. The van der Waals surface area contributed by atoms with Crippen molar-refractivity contribution in [3.8, 4) is 23.3 Å². The molecule has 0 atom stereocenters. The van der Waals surface area contributed by atoms with Crippen LogP contribution in [0.15, 0.2) is 72.8 Å². The lowest BCUT2D eigenvalue weighted by Gasteiger charge is -2.27. The number of benzene rings is 3. The molecule has 1 aliphatic heterocycles. The molecular formula is C36H41NO5. The van der Waals surface area contributed by atoms with Crippen molar-refractivity contribution >= 4 is 11.5 Å². The molecule has 3 aromatic rings. The van der Waals surface area contributed by atoms with Crippen LogP contribution in [0.2, 0.25) is 0 Å². The lowest BCUT2D eigenvalue weighted by molar-refractivity contribution is -0.139. The summed E-state index contributed by atoms with van der Waals surface area (Å²) in [6, 6.07) is 22.4. The molecule has 1 fully saturated rings. The highest BCUT2D eigenvalue weighted by Crippen LogP contribution is 2.29. The summed E-state index contributed by atoms with van der Waals surface area (Å²) in [6.45, 7) is 11.0. The molecule has 2 N–H and O–H groups in total. The van der Waals surface area contributed by atoms with Gasteiger partial charge in [-0.15, -0.1) is 0 Å². The number of aliphatic carboxylic acids is 1. The Morgan fingerprint density at radius 1 is 0.976 bits per heavy atom. The lowest BCUT2D eigenvalue weighted by Crippen LogP contribution is -2.35. The molecule has 6 heteroatoms. The first-order chi connectivity index (χ1) is 20.1. The molecular weight excluding hydrogens is 526 g/mol. The van der Waals surface area contributed by atoms with Crippen molar-refractivity contribution in [2.45, 2.75) is 52.1 Å². The fourth-order valence-electron chi connectivity index (χ4n) is 4.85. The summed E-state index contributed by atoms with van der Waals surface area (Å²) >= 11 is 0. The van der Waals surface area contributed by atoms with Gasteiger partial charge in [0.15, 0.2) is 6.61 Å². The van der Waals surface area contributed by atoms with Gasteiger partial charge in [0.1, 0.15) is 18.1 Å². The highest BCUT2D eigenvalue weighted by Gasteiger charge is 2.16. The third kappa shape index (κ3) is 8.97. The minimum absolute atomic E-state index is 0.0675. The van der Waals surface area contributed by atoms with Gasteiger partial charge in [0, 0.05) is 18.7 Å². The first-order valence-corrected chi connectivity index (χ1v) is 14.5. The van der Waals surface area contributed by atoms with Gasteiger partial charge in [0.2, 0.25) is 0 Å². The molecule has 0 radical (unpaired) electrons. The molecule has 0 amide bonds. The highest BCUT2D eigenvalue weighted by atomic mass is 16.5. The average Bonchev–Trinajstić information content (AvgIpc) is 2.96. The Morgan fingerprint density at radius 3 is 2.21 bits per heavy atom. The number of aliphatic hydroxyl groups excluding tert-OH is 1. The number of carboxylic acid groups (broad SMARTS) is 1. The Bertz CT molecular complexity index is 1430. The van der Waals surface area contributed by atoms with E-state index in [0.717, 1.165) is 53.8 Å². The molecule has 0 aromatic heterocycles. The van der Waals surface area contributed by atoms with E-state index in [0.29, 0.717) is 24.7 Å². The average molecular weight is 568 g/mol. The molecule has 42 heavy (non-hydrogen) atoms. The van der Waals surface area contributed by atoms with E-state index in [1.807, 2.05) is 13.0 Å². The van der Waals surface area contributed by atoms with E-state index in [2.05, 4.69) is 92.1 Å². The number of rotatable bonds is 9. The van der Waals surface area contributed by atoms with Crippen LogP contribution >= 0.6 is 0 Å². The van der Waals surface area contributed by atoms with E-state index in [1.54, 1.807) is 12.1 Å². The van der Waals surface area contributed by atoms with Crippen LogP contribution in [0, 0.1) is 18.8 Å². The Morgan fingerprint density at radius 2 is 1.62 bits per heavy atom. The minimum atomic E-state index is -1.01. The van der Waals surface area contributed by atoms with E-state index in [-0.39, 0.29) is 18.1 Å². The number of carbonyl (C=O) groups is 1. The number of carboxylic acids is 1. The Kier molecular flexibility index (Phi) is 10.5. The molecule has 220 valence electrons. The van der Waals surface area contributed by atoms with Gasteiger partial charge in [-0.2, -0.15) is 0 Å². The minimum Gasteiger partial charge on any atom is -0.489 e. The molecule has 3 aromatic carbocycles. The molecule has 1 heterocycles. The van der Waals surface area contributed by atoms with Gasteiger partial charge >= 0.3 is 5.97 Å². The number of aliphatic hydroxyl groups is 1. The van der Waals surface area contributed by atoms with E-state index < -0.39 is 5.97 Å². The summed E-state index contributed by atoms with van der Waals surface area (Å²) < 4.78 is 11.4. The number of likely N-dealkylation sites (tertiary alicyclic amines) is 1. The van der Waals surface area contributed by atoms with Crippen LogP contribution in [-0.2, 0) is 10.2 Å². The number of hydrogen-bond acceptors (Lipinski definition) is 5. The van der Waals surface area contributed by atoms with Crippen molar-refractivity contribution in [2.75, 3.05) is 32.8 Å². The van der Waals surface area contributed by atoms with Crippen LogP contribution in [0.5, 0.6) is 11.5 Å². The second kappa shape index (κ2) is 14.2. The SMILES string of the molecule is Cc1cc(OCC=C(c2ccc(C#CCN3CCC(O)CC3)cc2)c2ccc(C(C)(C)C)cc2)ccc1OCC(=O)O. The molecule has 0 spiro atoms. The van der Waals surface area contributed by atoms with Gasteiger partial charge in [-0.05, 0) is 89.4 Å². The maximum Gasteiger partial charge on any atom is 0.341 e. The van der Waals surface area contributed by atoms with Gasteiger partial charge in [0.25, 0.3) is 0 Å². The molecule has 0 saturated carbocycles. The Hall–Kier alpha value is -4.05. The van der Waals surface area contributed by atoms with E-state index in [4.69, 9.17) is 14.6 Å². The predicted molar refractivity (Wildman–Crippen MR) is 167 cm³/mol. The van der Waals surface area contributed by atoms with Gasteiger partial charge < -0.3 is 19.7 Å². The number of nitrogens with zero attached hydrogens (tertiary/aromatic N) is 1. The summed E-state index contributed by atoms with van der Waals surface area (Å²) in [5.74, 6) is 6.76. The van der Waals surface area contributed by atoms with E-state index >= 15 is 0 Å². The lowest BCUT2D eigenvalue weighted by atomic mass is 9.85. The Labute approximate surface area is 249 Å². The van der Waals surface area contributed by atoms with Gasteiger partial charge in [-0.1, -0.05) is 69.0 Å². The molecule has 6 nitrogen and oxygen atoms in total. The summed E-state index contributed by atoms with van der Waals surface area (Å²) in [7, 11) is 0. The van der Waals surface area contributed by atoms with E-state index in [9.17, 15) is 9.90 Å². The third-order valence-electron chi connectivity index (χ3n) is 7.39. The van der Waals surface area contributed by atoms with Crippen molar-refractivity contribution in [2.24, 2.45) is 0 Å². The fourth-order valence-corrected chi connectivity index (χ4v) is 4.85. The summed E-state index contributed by atoms with van der Waals surface area (Å²) in [4.78, 5) is 13.1. The number of hydrogen-bond donors (Lipinski definition) is 2. The van der Waals surface area contributed by atoms with Crippen LogP contribution < -0.4 is 9.47 Å². The normalized spacial score (nSPS) is 14.6. The fraction of sp³-hybridized carbons (Fsp3) is 0.361. The van der Waals surface area contributed by atoms with Gasteiger partial charge in [-0.3, -0.25) is 4.90 Å². The number of aryl methyl sites for hydroxylation is 1. The highest BCUT2D eigenvalue weighted by molar-refractivity contribution is 5.80. The zero-order chi connectivity index (χ0) is 30.1. The molecule has 1 aliphatic rings. The van der Waals surface area contributed by atoms with Crippen LogP contribution in [0.25, 0.3) is 5.57 Å². The van der Waals surface area contributed by atoms with Crippen molar-refractivity contribution in [1.82, 2.24) is 4.90 Å². The van der Waals surface area contributed by atoms with Gasteiger partial charge in [-0.25, -0.2) is 4.79 Å². The standard InChI is InChI=1S/C36H41NO5/c1-26-24-32(15-16-34(26)42-25-35(39)40)41-23-19-33(29-11-13-30(14-12-29)36(2,3)4)28-9-7-27(8-10-28)6-5-20-37-21-17-31(38)18-22-37/h7-16,19,24,31,38H,17-18,20-23,25H2,1-4H3,(H,39,40). The zero-order valence-electron chi connectivity index (χ0n) is 25.0. The third-order valence-corrected chi connectivity index (χ3v) is 7.39. The van der Waals surface area contributed by atoms with Crippen LogP contribution in [0.1, 0.15) is 61.4 Å². The Balaban J connectivity index is 1.50. The van der Waals surface area contributed by atoms with Crippen molar-refractivity contribution in [1.29, 1.82) is 0 Å². The van der Waals surface area contributed by atoms with Gasteiger partial charge in [0.05, 0.1) is 12.6 Å². The molecule has 0 unspecified atom stereocenters. The largest absolute Gasteiger partial charge is 0.489 e. The van der Waals surface area contributed by atoms with Crippen LogP contribution in [-0.4, -0.2) is 60.0 Å². The van der Waals surface area contributed by atoms with Crippen molar-refractivity contribution in [3.63, 3.8) is 0 Å². The van der Waals surface area contributed by atoms with E-state index in [1.165, 1.54) is 5.56 Å². The van der Waals surface area contributed by atoms with Crippen LogP contribution in [0.3, 0.4) is 0 Å². The maximum atomic E-state index is 10.8.